The van der Waals surface area contributed by atoms with Gasteiger partial charge in [-0.3, -0.25) is 0 Å². The second kappa shape index (κ2) is 5.49. The van der Waals surface area contributed by atoms with E-state index in [9.17, 15) is 26.3 Å². The van der Waals surface area contributed by atoms with Crippen molar-refractivity contribution in [1.29, 1.82) is 0 Å². The number of aromatic nitrogens is 2. The van der Waals surface area contributed by atoms with Gasteiger partial charge in [-0.05, 0) is 5.56 Å². The Morgan fingerprint density at radius 1 is 0.958 bits per heavy atom. The Hall–Kier alpha value is -2.59. The number of benzene rings is 1. The average molecular weight is 351 g/mol. The average Bonchev–Trinajstić information content (AvgIpc) is 3.16. The predicted molar refractivity (Wildman–Crippen MR) is 66.7 cm³/mol. The highest BCUT2D eigenvalue weighted by molar-refractivity contribution is 5.90. The van der Waals surface area contributed by atoms with Crippen LogP contribution in [0.3, 0.4) is 0 Å². The van der Waals surface area contributed by atoms with Crippen molar-refractivity contribution >= 4 is 5.71 Å². The zero-order chi connectivity index (χ0) is 17.5. The first kappa shape index (κ1) is 16.3. The molecule has 2 heterocycles. The van der Waals surface area contributed by atoms with Crippen LogP contribution in [0.2, 0.25) is 0 Å². The highest BCUT2D eigenvalue weighted by Gasteiger charge is 2.42. The third kappa shape index (κ3) is 3.19. The molecule has 0 N–H and O–H groups in total. The van der Waals surface area contributed by atoms with Crippen LogP contribution in [0.15, 0.2) is 33.9 Å². The Bertz CT molecular complexity index is 763. The summed E-state index contributed by atoms with van der Waals surface area (Å²) in [5, 5.41) is 6.22. The van der Waals surface area contributed by atoms with E-state index in [1.54, 1.807) is 0 Å². The van der Waals surface area contributed by atoms with Gasteiger partial charge < -0.3 is 9.36 Å². The van der Waals surface area contributed by atoms with E-state index >= 15 is 0 Å². The quantitative estimate of drug-likeness (QED) is 0.763. The molecule has 24 heavy (non-hydrogen) atoms. The number of oxime groups is 1. The molecule has 0 fully saturated rings. The Kier molecular flexibility index (Phi) is 3.73. The van der Waals surface area contributed by atoms with E-state index in [-0.39, 0.29) is 11.4 Å². The summed E-state index contributed by atoms with van der Waals surface area (Å²) < 4.78 is 78.8. The zero-order valence-corrected chi connectivity index (χ0v) is 11.5. The van der Waals surface area contributed by atoms with Crippen molar-refractivity contribution in [3.05, 3.63) is 35.7 Å². The fourth-order valence-electron chi connectivity index (χ4n) is 2.03. The van der Waals surface area contributed by atoms with Gasteiger partial charge in [0.05, 0.1) is 0 Å². The highest BCUT2D eigenvalue weighted by Crippen LogP contribution is 2.34. The summed E-state index contributed by atoms with van der Waals surface area (Å²) in [5.41, 5.74) is -0.418. The third-order valence-corrected chi connectivity index (χ3v) is 3.21. The molecule has 3 rings (SSSR count). The minimum atomic E-state index is -4.76. The molecule has 11 heteroatoms. The molecule has 1 aliphatic heterocycles. The van der Waals surface area contributed by atoms with Gasteiger partial charge in [0.15, 0.2) is 11.8 Å². The van der Waals surface area contributed by atoms with Gasteiger partial charge in [-0.2, -0.15) is 31.3 Å². The van der Waals surface area contributed by atoms with Crippen molar-refractivity contribution in [3.8, 4) is 11.4 Å². The lowest BCUT2D eigenvalue weighted by Crippen LogP contribution is -2.21. The van der Waals surface area contributed by atoms with Gasteiger partial charge in [-0.15, -0.1) is 0 Å². The van der Waals surface area contributed by atoms with E-state index in [1.807, 2.05) is 0 Å². The molecule has 0 amide bonds. The Labute approximate surface area is 129 Å². The molecule has 0 spiro atoms. The normalized spacial score (nSPS) is 18.4. The van der Waals surface area contributed by atoms with Crippen LogP contribution in [-0.2, 0) is 11.0 Å². The number of alkyl halides is 6. The molecule has 1 atom stereocenters. The van der Waals surface area contributed by atoms with Crippen LogP contribution in [0.25, 0.3) is 11.4 Å². The first-order chi connectivity index (χ1) is 11.1. The van der Waals surface area contributed by atoms with Gasteiger partial charge in [-0.25, -0.2) is 0 Å². The summed E-state index contributed by atoms with van der Waals surface area (Å²) in [6.45, 7) is 0. The van der Waals surface area contributed by atoms with Crippen molar-refractivity contribution in [2.45, 2.75) is 24.9 Å². The van der Waals surface area contributed by atoms with Crippen LogP contribution in [0.1, 0.15) is 24.0 Å². The van der Waals surface area contributed by atoms with E-state index in [2.05, 4.69) is 19.8 Å². The first-order valence-corrected chi connectivity index (χ1v) is 6.46. The van der Waals surface area contributed by atoms with Crippen LogP contribution in [0.5, 0.6) is 0 Å². The maximum Gasteiger partial charge on any atom is 0.471 e. The van der Waals surface area contributed by atoms with Gasteiger partial charge in [0.25, 0.3) is 0 Å². The smallest absolute Gasteiger partial charge is 0.387 e. The number of hydrogen-bond donors (Lipinski definition) is 0. The fraction of sp³-hybridized carbons (Fsp3) is 0.308. The maximum atomic E-state index is 12.5. The molecule has 1 aliphatic rings. The summed E-state index contributed by atoms with van der Waals surface area (Å²) in [6, 6.07) is 5.52. The molecule has 1 aromatic heterocycles. The van der Waals surface area contributed by atoms with Crippen molar-refractivity contribution in [2.24, 2.45) is 5.16 Å². The summed E-state index contributed by atoms with van der Waals surface area (Å²) in [4.78, 5) is 7.96. The van der Waals surface area contributed by atoms with Gasteiger partial charge >= 0.3 is 18.2 Å². The lowest BCUT2D eigenvalue weighted by molar-refractivity contribution is -0.159. The van der Waals surface area contributed by atoms with Gasteiger partial charge in [-0.1, -0.05) is 34.6 Å². The van der Waals surface area contributed by atoms with Gasteiger partial charge in [0, 0.05) is 12.0 Å². The molecule has 0 aliphatic carbocycles. The predicted octanol–water partition coefficient (Wildman–Crippen LogP) is 4.14. The van der Waals surface area contributed by atoms with E-state index in [0.717, 1.165) is 0 Å². The molecule has 128 valence electrons. The maximum absolute atomic E-state index is 12.5. The molecule has 0 saturated heterocycles. The van der Waals surface area contributed by atoms with Crippen LogP contribution < -0.4 is 0 Å². The monoisotopic (exact) mass is 351 g/mol. The van der Waals surface area contributed by atoms with Crippen molar-refractivity contribution in [1.82, 2.24) is 10.1 Å². The number of rotatable bonds is 2. The summed E-state index contributed by atoms with van der Waals surface area (Å²) in [5.74, 6) is -1.77. The second-order valence-electron chi connectivity index (χ2n) is 4.88. The van der Waals surface area contributed by atoms with Crippen LogP contribution in [0, 0.1) is 0 Å². The molecule has 1 unspecified atom stereocenters. The number of nitrogens with zero attached hydrogens (tertiary/aromatic N) is 3. The lowest BCUT2D eigenvalue weighted by atomic mass is 10.0. The third-order valence-electron chi connectivity index (χ3n) is 3.21. The van der Waals surface area contributed by atoms with Gasteiger partial charge in [0.2, 0.25) is 5.82 Å². The van der Waals surface area contributed by atoms with Crippen LogP contribution in [-0.4, -0.2) is 22.0 Å². The van der Waals surface area contributed by atoms with Crippen molar-refractivity contribution < 1.29 is 35.7 Å². The van der Waals surface area contributed by atoms with Crippen molar-refractivity contribution in [2.75, 3.05) is 0 Å². The summed E-state index contributed by atoms with van der Waals surface area (Å²) in [6.07, 6.45) is -10.7. The van der Waals surface area contributed by atoms with E-state index in [4.69, 9.17) is 4.84 Å². The lowest BCUT2D eigenvalue weighted by Gasteiger charge is -2.09. The fourth-order valence-corrected chi connectivity index (χ4v) is 2.03. The van der Waals surface area contributed by atoms with E-state index < -0.39 is 36.5 Å². The van der Waals surface area contributed by atoms with Crippen LogP contribution >= 0.6 is 0 Å². The minimum Gasteiger partial charge on any atom is -0.387 e. The molecule has 0 bridgehead atoms. The zero-order valence-electron chi connectivity index (χ0n) is 11.5. The largest absolute Gasteiger partial charge is 0.471 e. The summed E-state index contributed by atoms with van der Waals surface area (Å²) in [7, 11) is 0. The van der Waals surface area contributed by atoms with E-state index in [0.29, 0.717) is 5.56 Å². The SMILES string of the molecule is FC(F)(F)C1=NOC(c2ccc(-c3noc(C(F)(F)F)n3)cc2)C1. The molecule has 0 radical (unpaired) electrons. The topological polar surface area (TPSA) is 60.5 Å². The highest BCUT2D eigenvalue weighted by atomic mass is 19.4. The van der Waals surface area contributed by atoms with Crippen molar-refractivity contribution in [3.63, 3.8) is 0 Å². The Morgan fingerprint density at radius 3 is 2.12 bits per heavy atom. The Balaban J connectivity index is 1.74. The molecule has 5 nitrogen and oxygen atoms in total. The molecule has 2 aromatic rings. The first-order valence-electron chi connectivity index (χ1n) is 6.46. The standard InChI is InChI=1S/C13H7F6N3O2/c14-12(15,16)9-5-8(23-21-9)6-1-3-7(4-2-6)10-20-11(24-22-10)13(17,18)19/h1-4,8H,5H2. The molecular weight excluding hydrogens is 344 g/mol. The number of halogens is 6. The molecule has 0 saturated carbocycles. The van der Waals surface area contributed by atoms with Gasteiger partial charge in [0.1, 0.15) is 0 Å². The minimum absolute atomic E-state index is 0.216. The Morgan fingerprint density at radius 2 is 1.62 bits per heavy atom. The summed E-state index contributed by atoms with van der Waals surface area (Å²) >= 11 is 0. The van der Waals surface area contributed by atoms with E-state index in [1.165, 1.54) is 24.3 Å². The molecular formula is C13H7F6N3O2. The molecule has 1 aromatic carbocycles. The van der Waals surface area contributed by atoms with Crippen LogP contribution in [0.4, 0.5) is 26.3 Å². The second-order valence-corrected chi connectivity index (χ2v) is 4.88. The number of hydrogen-bond acceptors (Lipinski definition) is 5.